The second kappa shape index (κ2) is 7.06. The average molecular weight is 262 g/mol. The van der Waals surface area contributed by atoms with Gasteiger partial charge in [-0.05, 0) is 69.6 Å². The maximum absolute atomic E-state index is 3.58. The lowest BCUT2D eigenvalue weighted by molar-refractivity contribution is 0.462. The zero-order chi connectivity index (χ0) is 14.5. The van der Waals surface area contributed by atoms with E-state index in [1.807, 2.05) is 7.05 Å². The molecule has 1 aromatic carbocycles. The Morgan fingerprint density at radius 2 is 1.68 bits per heavy atom. The third-order valence-corrected chi connectivity index (χ3v) is 4.13. The average Bonchev–Trinajstić information content (AvgIpc) is 2.35. The van der Waals surface area contributed by atoms with Crippen molar-refractivity contribution in [3.63, 3.8) is 0 Å². The fraction of sp³-hybridized carbons (Fsp3) is 0.647. The van der Waals surface area contributed by atoms with Crippen molar-refractivity contribution >= 4 is 0 Å². The van der Waals surface area contributed by atoms with Gasteiger partial charge < -0.3 is 10.6 Å². The third kappa shape index (κ3) is 4.32. The first-order chi connectivity index (χ1) is 8.90. The first-order valence-electron chi connectivity index (χ1n) is 7.32. The molecule has 0 radical (unpaired) electrons. The Balaban J connectivity index is 2.69. The SMILES string of the molecule is CNCCCNCC(C)(C)c1ccc(C)c(C)c1C. The van der Waals surface area contributed by atoms with Crippen LogP contribution in [-0.4, -0.2) is 26.7 Å². The van der Waals surface area contributed by atoms with E-state index in [1.54, 1.807) is 0 Å². The fourth-order valence-electron chi connectivity index (χ4n) is 2.58. The highest BCUT2D eigenvalue weighted by Crippen LogP contribution is 2.28. The molecule has 0 saturated heterocycles. The van der Waals surface area contributed by atoms with Crippen LogP contribution in [0, 0.1) is 20.8 Å². The molecule has 0 bridgehead atoms. The summed E-state index contributed by atoms with van der Waals surface area (Å²) in [5, 5.41) is 6.76. The highest BCUT2D eigenvalue weighted by molar-refractivity contribution is 5.42. The predicted octanol–water partition coefficient (Wildman–Crippen LogP) is 3.09. The zero-order valence-corrected chi connectivity index (χ0v) is 13.5. The van der Waals surface area contributed by atoms with Crippen molar-refractivity contribution in [2.75, 3.05) is 26.7 Å². The van der Waals surface area contributed by atoms with Crippen LogP contribution in [0.25, 0.3) is 0 Å². The summed E-state index contributed by atoms with van der Waals surface area (Å²) in [6, 6.07) is 4.55. The summed E-state index contributed by atoms with van der Waals surface area (Å²) in [7, 11) is 2.00. The van der Waals surface area contributed by atoms with E-state index in [0.717, 1.165) is 19.6 Å². The van der Waals surface area contributed by atoms with Gasteiger partial charge in [-0.2, -0.15) is 0 Å². The summed E-state index contributed by atoms with van der Waals surface area (Å²) in [4.78, 5) is 0. The van der Waals surface area contributed by atoms with Gasteiger partial charge in [-0.1, -0.05) is 26.0 Å². The van der Waals surface area contributed by atoms with E-state index in [-0.39, 0.29) is 5.41 Å². The first-order valence-corrected chi connectivity index (χ1v) is 7.32. The summed E-state index contributed by atoms with van der Waals surface area (Å²) in [5.74, 6) is 0. The van der Waals surface area contributed by atoms with E-state index in [4.69, 9.17) is 0 Å². The molecule has 0 saturated carbocycles. The van der Waals surface area contributed by atoms with Crippen LogP contribution in [0.15, 0.2) is 12.1 Å². The minimum absolute atomic E-state index is 0.183. The molecule has 0 spiro atoms. The molecule has 0 unspecified atom stereocenters. The molecule has 2 N–H and O–H groups in total. The van der Waals surface area contributed by atoms with Crippen molar-refractivity contribution < 1.29 is 0 Å². The standard InChI is InChI=1S/C17H30N2/c1-13-8-9-16(15(3)14(13)2)17(4,5)12-19-11-7-10-18-6/h8-9,18-19H,7,10-12H2,1-6H3. The van der Waals surface area contributed by atoms with Crippen LogP contribution in [0.3, 0.4) is 0 Å². The molecule has 0 fully saturated rings. The van der Waals surface area contributed by atoms with Gasteiger partial charge in [0.25, 0.3) is 0 Å². The van der Waals surface area contributed by atoms with Crippen molar-refractivity contribution in [3.8, 4) is 0 Å². The minimum Gasteiger partial charge on any atom is -0.320 e. The first kappa shape index (κ1) is 16.2. The Bertz CT molecular complexity index is 408. The maximum atomic E-state index is 3.58. The molecule has 0 aliphatic rings. The summed E-state index contributed by atoms with van der Waals surface area (Å²) in [6.07, 6.45) is 1.18. The number of nitrogens with one attached hydrogen (secondary N) is 2. The van der Waals surface area contributed by atoms with Crippen molar-refractivity contribution in [1.29, 1.82) is 0 Å². The normalized spacial score (nSPS) is 11.9. The number of rotatable bonds is 7. The summed E-state index contributed by atoms with van der Waals surface area (Å²) >= 11 is 0. The van der Waals surface area contributed by atoms with E-state index < -0.39 is 0 Å². The molecule has 2 heteroatoms. The fourth-order valence-corrected chi connectivity index (χ4v) is 2.58. The maximum Gasteiger partial charge on any atom is 0.00432 e. The van der Waals surface area contributed by atoms with Gasteiger partial charge in [0.05, 0.1) is 0 Å². The van der Waals surface area contributed by atoms with Crippen LogP contribution in [0.5, 0.6) is 0 Å². The summed E-state index contributed by atoms with van der Waals surface area (Å²) in [6.45, 7) is 14.5. The second-order valence-electron chi connectivity index (χ2n) is 6.20. The van der Waals surface area contributed by atoms with Crippen molar-refractivity contribution in [1.82, 2.24) is 10.6 Å². The number of aryl methyl sites for hydroxylation is 1. The molecule has 108 valence electrons. The van der Waals surface area contributed by atoms with Gasteiger partial charge in [0.2, 0.25) is 0 Å². The van der Waals surface area contributed by atoms with Gasteiger partial charge in [0, 0.05) is 12.0 Å². The molecule has 0 aromatic heterocycles. The van der Waals surface area contributed by atoms with Crippen LogP contribution in [0.1, 0.15) is 42.5 Å². The number of hydrogen-bond donors (Lipinski definition) is 2. The Hall–Kier alpha value is -0.860. The lowest BCUT2D eigenvalue weighted by Gasteiger charge is -2.29. The van der Waals surface area contributed by atoms with Gasteiger partial charge in [-0.3, -0.25) is 0 Å². The van der Waals surface area contributed by atoms with Crippen LogP contribution < -0.4 is 10.6 Å². The van der Waals surface area contributed by atoms with Crippen LogP contribution in [0.4, 0.5) is 0 Å². The third-order valence-electron chi connectivity index (χ3n) is 4.13. The molecule has 19 heavy (non-hydrogen) atoms. The molecule has 1 aromatic rings. The van der Waals surface area contributed by atoms with Crippen molar-refractivity contribution in [2.45, 2.75) is 46.5 Å². The molecule has 0 aliphatic carbocycles. The molecule has 0 amide bonds. The lowest BCUT2D eigenvalue weighted by Crippen LogP contribution is -2.35. The monoisotopic (exact) mass is 262 g/mol. The second-order valence-corrected chi connectivity index (χ2v) is 6.20. The predicted molar refractivity (Wildman–Crippen MR) is 85.1 cm³/mol. The van der Waals surface area contributed by atoms with Gasteiger partial charge in [-0.25, -0.2) is 0 Å². The van der Waals surface area contributed by atoms with E-state index in [1.165, 1.54) is 28.7 Å². The highest BCUT2D eigenvalue weighted by Gasteiger charge is 2.22. The molecule has 1 rings (SSSR count). The van der Waals surface area contributed by atoms with Gasteiger partial charge in [0.1, 0.15) is 0 Å². The van der Waals surface area contributed by atoms with Crippen LogP contribution in [0.2, 0.25) is 0 Å². The summed E-state index contributed by atoms with van der Waals surface area (Å²) < 4.78 is 0. The highest BCUT2D eigenvalue weighted by atomic mass is 14.9. The Labute approximate surface area is 119 Å². The topological polar surface area (TPSA) is 24.1 Å². The van der Waals surface area contributed by atoms with Crippen molar-refractivity contribution in [3.05, 3.63) is 34.4 Å². The Kier molecular flexibility index (Phi) is 6.02. The largest absolute Gasteiger partial charge is 0.320 e. The zero-order valence-electron chi connectivity index (χ0n) is 13.5. The van der Waals surface area contributed by atoms with Gasteiger partial charge in [0.15, 0.2) is 0 Å². The molecule has 2 nitrogen and oxygen atoms in total. The van der Waals surface area contributed by atoms with Gasteiger partial charge in [-0.15, -0.1) is 0 Å². The molecule has 0 heterocycles. The summed E-state index contributed by atoms with van der Waals surface area (Å²) in [5.41, 5.74) is 5.92. The quantitative estimate of drug-likeness (QED) is 0.738. The van der Waals surface area contributed by atoms with Crippen LogP contribution in [-0.2, 0) is 5.41 Å². The van der Waals surface area contributed by atoms with E-state index in [9.17, 15) is 0 Å². The Morgan fingerprint density at radius 1 is 1.00 bits per heavy atom. The Morgan fingerprint density at radius 3 is 2.32 bits per heavy atom. The molecular weight excluding hydrogens is 232 g/mol. The van der Waals surface area contributed by atoms with E-state index in [0.29, 0.717) is 0 Å². The minimum atomic E-state index is 0.183. The molecular formula is C17H30N2. The number of hydrogen-bond acceptors (Lipinski definition) is 2. The van der Waals surface area contributed by atoms with E-state index in [2.05, 4.69) is 57.4 Å². The lowest BCUT2D eigenvalue weighted by atomic mass is 9.80. The molecule has 0 aliphatic heterocycles. The van der Waals surface area contributed by atoms with Gasteiger partial charge >= 0.3 is 0 Å². The van der Waals surface area contributed by atoms with Crippen LogP contribution >= 0.6 is 0 Å². The smallest absolute Gasteiger partial charge is 0.00432 e. The number of benzene rings is 1. The van der Waals surface area contributed by atoms with Crippen molar-refractivity contribution in [2.24, 2.45) is 0 Å². The van der Waals surface area contributed by atoms with E-state index >= 15 is 0 Å². The molecule has 0 atom stereocenters.